The summed E-state index contributed by atoms with van der Waals surface area (Å²) < 4.78 is 10.9. The summed E-state index contributed by atoms with van der Waals surface area (Å²) in [7, 11) is 5.53. The van der Waals surface area contributed by atoms with Crippen molar-refractivity contribution in [3.05, 3.63) is 18.2 Å². The summed E-state index contributed by atoms with van der Waals surface area (Å²) in [6.07, 6.45) is 6.36. The molecule has 1 N–H and O–H groups in total. The van der Waals surface area contributed by atoms with Crippen molar-refractivity contribution >= 4 is 5.69 Å². The van der Waals surface area contributed by atoms with Crippen molar-refractivity contribution in [1.29, 1.82) is 0 Å². The molecular formula is C17H26N2O2. The molecule has 2 heterocycles. The Hall–Kier alpha value is -1.42. The smallest absolute Gasteiger partial charge is 0.145 e. The van der Waals surface area contributed by atoms with Gasteiger partial charge in [-0.05, 0) is 51.3 Å². The number of piperidine rings is 2. The van der Waals surface area contributed by atoms with Crippen molar-refractivity contribution in [3.63, 3.8) is 0 Å². The molecule has 4 nitrogen and oxygen atoms in total. The highest BCUT2D eigenvalue weighted by Crippen LogP contribution is 2.42. The Morgan fingerprint density at radius 3 is 2.38 bits per heavy atom. The van der Waals surface area contributed by atoms with E-state index in [9.17, 15) is 0 Å². The highest BCUT2D eigenvalue weighted by atomic mass is 16.5. The van der Waals surface area contributed by atoms with Crippen molar-refractivity contribution in [3.8, 4) is 11.5 Å². The van der Waals surface area contributed by atoms with Crippen LogP contribution in [0.15, 0.2) is 18.2 Å². The predicted molar refractivity (Wildman–Crippen MR) is 85.5 cm³/mol. The van der Waals surface area contributed by atoms with Gasteiger partial charge in [-0.25, -0.2) is 0 Å². The number of hydrogen-bond acceptors (Lipinski definition) is 4. The van der Waals surface area contributed by atoms with E-state index in [-0.39, 0.29) is 0 Å². The lowest BCUT2D eigenvalue weighted by atomic mass is 9.81. The van der Waals surface area contributed by atoms with Crippen LogP contribution >= 0.6 is 0 Å². The van der Waals surface area contributed by atoms with Gasteiger partial charge in [-0.3, -0.25) is 0 Å². The Labute approximate surface area is 127 Å². The normalized spacial score (nSPS) is 28.3. The summed E-state index contributed by atoms with van der Waals surface area (Å²) >= 11 is 0. The Morgan fingerprint density at radius 1 is 1.10 bits per heavy atom. The first-order chi connectivity index (χ1) is 10.3. The summed E-state index contributed by atoms with van der Waals surface area (Å²) in [4.78, 5) is 2.61. The van der Waals surface area contributed by atoms with Crippen LogP contribution in [0, 0.1) is 0 Å². The molecule has 4 heteroatoms. The van der Waals surface area contributed by atoms with Crippen LogP contribution in [-0.2, 0) is 0 Å². The van der Waals surface area contributed by atoms with E-state index in [1.165, 1.54) is 37.8 Å². The van der Waals surface area contributed by atoms with Crippen LogP contribution in [0.4, 0.5) is 5.69 Å². The highest BCUT2D eigenvalue weighted by Gasteiger charge is 2.38. The Kier molecular flexibility index (Phi) is 4.24. The first-order valence-corrected chi connectivity index (χ1v) is 7.94. The molecule has 2 aliphatic heterocycles. The second-order valence-electron chi connectivity index (χ2n) is 6.14. The highest BCUT2D eigenvalue weighted by molar-refractivity contribution is 5.63. The van der Waals surface area contributed by atoms with Gasteiger partial charge >= 0.3 is 0 Å². The van der Waals surface area contributed by atoms with Gasteiger partial charge in [0.15, 0.2) is 0 Å². The van der Waals surface area contributed by atoms with Gasteiger partial charge in [-0.2, -0.15) is 0 Å². The third-order valence-electron chi connectivity index (χ3n) is 5.05. The van der Waals surface area contributed by atoms with E-state index < -0.39 is 0 Å². The van der Waals surface area contributed by atoms with Gasteiger partial charge in [0, 0.05) is 24.2 Å². The quantitative estimate of drug-likeness (QED) is 0.924. The summed E-state index contributed by atoms with van der Waals surface area (Å²) in [5.41, 5.74) is 1.22. The van der Waals surface area contributed by atoms with Crippen LogP contribution in [0.1, 0.15) is 32.1 Å². The van der Waals surface area contributed by atoms with Crippen molar-refractivity contribution in [2.45, 2.75) is 50.2 Å². The maximum Gasteiger partial charge on any atom is 0.145 e. The Bertz CT molecular complexity index is 478. The average Bonchev–Trinajstić information content (AvgIpc) is 2.53. The number of hydrogen-bond donors (Lipinski definition) is 1. The van der Waals surface area contributed by atoms with Crippen molar-refractivity contribution in [2.75, 3.05) is 26.2 Å². The number of rotatable bonds is 4. The van der Waals surface area contributed by atoms with Crippen LogP contribution in [0.5, 0.6) is 11.5 Å². The second kappa shape index (κ2) is 6.14. The molecule has 116 valence electrons. The largest absolute Gasteiger partial charge is 0.497 e. The average molecular weight is 290 g/mol. The molecule has 0 aliphatic carbocycles. The number of ether oxygens (including phenoxy) is 2. The maximum absolute atomic E-state index is 5.62. The van der Waals surface area contributed by atoms with Crippen molar-refractivity contribution in [2.24, 2.45) is 0 Å². The monoisotopic (exact) mass is 290 g/mol. The standard InChI is InChI=1S/C17H26N2O2/c1-18-12-9-13-5-4-6-14(10-12)19(13)16-8-7-15(20-2)11-17(16)21-3/h7-8,11-14,18H,4-6,9-10H2,1-3H3. The van der Waals surface area contributed by atoms with E-state index >= 15 is 0 Å². The Morgan fingerprint density at radius 2 is 1.81 bits per heavy atom. The Balaban J connectivity index is 1.92. The number of fused-ring (bicyclic) bond motifs is 2. The fraction of sp³-hybridized carbons (Fsp3) is 0.647. The molecule has 2 unspecified atom stereocenters. The lowest BCUT2D eigenvalue weighted by molar-refractivity contribution is 0.250. The predicted octanol–water partition coefficient (Wildman–Crippen LogP) is 2.81. The van der Waals surface area contributed by atoms with Crippen LogP contribution in [0.2, 0.25) is 0 Å². The van der Waals surface area contributed by atoms with Gasteiger partial charge in [-0.15, -0.1) is 0 Å². The van der Waals surface area contributed by atoms with Crippen LogP contribution in [0.25, 0.3) is 0 Å². The lowest BCUT2D eigenvalue weighted by Crippen LogP contribution is -2.56. The molecule has 0 aromatic heterocycles. The summed E-state index contributed by atoms with van der Waals surface area (Å²) in [5.74, 6) is 1.78. The third-order valence-corrected chi connectivity index (χ3v) is 5.05. The van der Waals surface area contributed by atoms with E-state index in [0.29, 0.717) is 18.1 Å². The molecule has 3 rings (SSSR count). The van der Waals surface area contributed by atoms with Crippen molar-refractivity contribution in [1.82, 2.24) is 5.32 Å². The third kappa shape index (κ3) is 2.69. The minimum atomic E-state index is 0.622. The van der Waals surface area contributed by atoms with Gasteiger partial charge in [-0.1, -0.05) is 0 Å². The van der Waals surface area contributed by atoms with Gasteiger partial charge < -0.3 is 19.7 Å². The molecule has 0 saturated carbocycles. The molecule has 1 aromatic carbocycles. The van der Waals surface area contributed by atoms with E-state index in [2.05, 4.69) is 23.3 Å². The first-order valence-electron chi connectivity index (χ1n) is 7.94. The van der Waals surface area contributed by atoms with E-state index in [1.54, 1.807) is 14.2 Å². The first kappa shape index (κ1) is 14.5. The zero-order valence-corrected chi connectivity index (χ0v) is 13.3. The maximum atomic E-state index is 5.62. The van der Waals surface area contributed by atoms with Crippen molar-refractivity contribution < 1.29 is 9.47 Å². The number of anilines is 1. The van der Waals surface area contributed by atoms with Gasteiger partial charge in [0.05, 0.1) is 19.9 Å². The molecule has 0 spiro atoms. The minimum Gasteiger partial charge on any atom is -0.497 e. The SMILES string of the molecule is CNC1CC2CCCC(C1)N2c1ccc(OC)cc1OC. The summed E-state index contributed by atoms with van der Waals surface area (Å²) in [5, 5.41) is 3.47. The molecule has 0 amide bonds. The second-order valence-corrected chi connectivity index (χ2v) is 6.14. The van der Waals surface area contributed by atoms with Gasteiger partial charge in [0.2, 0.25) is 0 Å². The van der Waals surface area contributed by atoms with Crippen LogP contribution in [-0.4, -0.2) is 39.4 Å². The molecular weight excluding hydrogens is 264 g/mol. The fourth-order valence-corrected chi connectivity index (χ4v) is 4.01. The van der Waals surface area contributed by atoms with Gasteiger partial charge in [0.25, 0.3) is 0 Å². The summed E-state index contributed by atoms with van der Waals surface area (Å²) in [6.45, 7) is 0. The van der Waals surface area contributed by atoms with E-state index in [1.807, 2.05) is 12.1 Å². The van der Waals surface area contributed by atoms with E-state index in [0.717, 1.165) is 11.5 Å². The zero-order valence-electron chi connectivity index (χ0n) is 13.3. The molecule has 2 saturated heterocycles. The molecule has 2 atom stereocenters. The minimum absolute atomic E-state index is 0.622. The number of nitrogens with zero attached hydrogens (tertiary/aromatic N) is 1. The number of nitrogens with one attached hydrogen (secondary N) is 1. The molecule has 1 aromatic rings. The fourth-order valence-electron chi connectivity index (χ4n) is 4.01. The topological polar surface area (TPSA) is 33.7 Å². The van der Waals surface area contributed by atoms with Crippen LogP contribution in [0.3, 0.4) is 0 Å². The molecule has 2 aliphatic rings. The van der Waals surface area contributed by atoms with Crippen LogP contribution < -0.4 is 19.7 Å². The molecule has 0 radical (unpaired) electrons. The lowest BCUT2D eigenvalue weighted by Gasteiger charge is -2.50. The zero-order chi connectivity index (χ0) is 14.8. The number of methoxy groups -OCH3 is 2. The summed E-state index contributed by atoms with van der Waals surface area (Å²) in [6, 6.07) is 8.09. The number of benzene rings is 1. The molecule has 2 bridgehead atoms. The van der Waals surface area contributed by atoms with Gasteiger partial charge in [0.1, 0.15) is 11.5 Å². The molecule has 2 fully saturated rings. The van der Waals surface area contributed by atoms with E-state index in [4.69, 9.17) is 9.47 Å². The molecule has 21 heavy (non-hydrogen) atoms.